The molecule has 0 aliphatic carbocycles. The van der Waals surface area contributed by atoms with Gasteiger partial charge < -0.3 is 9.31 Å². The molecular weight excluding hydrogens is 257 g/mol. The van der Waals surface area contributed by atoms with Gasteiger partial charge in [-0.15, -0.1) is 0 Å². The van der Waals surface area contributed by atoms with Crippen LogP contribution in [-0.4, -0.2) is 35.1 Å². The molecule has 1 aromatic rings. The monoisotopic (exact) mass is 273 g/mol. The molecule has 6 nitrogen and oxygen atoms in total. The highest BCUT2D eigenvalue weighted by atomic mass is 16.7. The Morgan fingerprint density at radius 2 is 2.20 bits per heavy atom. The number of rotatable bonds is 2. The maximum Gasteiger partial charge on any atom is 0.584 e. The predicted octanol–water partition coefficient (Wildman–Crippen LogP) is 0.638. The zero-order chi connectivity index (χ0) is 14.3. The molecule has 0 aromatic carbocycles. The second kappa shape index (κ2) is 4.59. The van der Waals surface area contributed by atoms with E-state index >= 15 is 0 Å². The summed E-state index contributed by atoms with van der Waals surface area (Å²) >= 11 is 0. The van der Waals surface area contributed by atoms with E-state index in [-0.39, 0.29) is 5.91 Å². The summed E-state index contributed by atoms with van der Waals surface area (Å²) in [6.45, 7) is 8.30. The Labute approximate surface area is 117 Å². The lowest BCUT2D eigenvalue weighted by Crippen LogP contribution is -2.37. The van der Waals surface area contributed by atoms with Crippen molar-refractivity contribution in [1.82, 2.24) is 9.97 Å². The van der Waals surface area contributed by atoms with Crippen molar-refractivity contribution in [1.29, 1.82) is 0 Å². The topological polar surface area (TPSA) is 64.5 Å². The highest BCUT2D eigenvalue weighted by Crippen LogP contribution is 2.28. The summed E-state index contributed by atoms with van der Waals surface area (Å²) in [4.78, 5) is 21.9. The normalized spacial score (nSPS) is 21.5. The molecule has 3 rings (SSSR count). The van der Waals surface area contributed by atoms with Crippen molar-refractivity contribution in [3.63, 3.8) is 0 Å². The maximum absolute atomic E-state index is 11.6. The van der Waals surface area contributed by atoms with E-state index in [4.69, 9.17) is 9.31 Å². The summed E-state index contributed by atoms with van der Waals surface area (Å²) in [5.74, 6) is 1.24. The summed E-state index contributed by atoms with van der Waals surface area (Å²) in [7, 11) is -0.590. The molecule has 1 amide bonds. The molecule has 0 saturated carbocycles. The van der Waals surface area contributed by atoms with Crippen molar-refractivity contribution in [2.24, 2.45) is 0 Å². The lowest BCUT2D eigenvalue weighted by Gasteiger charge is -2.15. The number of anilines is 1. The van der Waals surface area contributed by atoms with Crippen LogP contribution in [0.2, 0.25) is 0 Å². The van der Waals surface area contributed by atoms with Crippen LogP contribution in [0.15, 0.2) is 24.7 Å². The first kappa shape index (κ1) is 13.1. The first-order valence-electron chi connectivity index (χ1n) is 6.63. The van der Waals surface area contributed by atoms with Gasteiger partial charge in [-0.3, -0.25) is 14.7 Å². The van der Waals surface area contributed by atoms with Crippen LogP contribution in [0.4, 0.5) is 5.82 Å². The lowest BCUT2D eigenvalue weighted by molar-refractivity contribution is -0.117. The van der Waals surface area contributed by atoms with E-state index in [1.807, 2.05) is 13.8 Å². The van der Waals surface area contributed by atoms with Gasteiger partial charge in [0.25, 0.3) is 0 Å². The van der Waals surface area contributed by atoms with E-state index in [2.05, 4.69) is 16.5 Å². The Bertz CT molecular complexity index is 558. The average Bonchev–Trinajstić information content (AvgIpc) is 2.94. The Hall–Kier alpha value is -1.89. The van der Waals surface area contributed by atoms with Gasteiger partial charge in [0.05, 0.1) is 12.0 Å². The van der Waals surface area contributed by atoms with Crippen LogP contribution in [0, 0.1) is 0 Å². The minimum atomic E-state index is -0.590. The first-order valence-corrected chi connectivity index (χ1v) is 6.63. The largest absolute Gasteiger partial charge is 0.584 e. The third-order valence-electron chi connectivity index (χ3n) is 3.57. The van der Waals surface area contributed by atoms with Crippen molar-refractivity contribution in [2.45, 2.75) is 32.3 Å². The number of carbonyl (C=O) groups excluding carboxylic acids is 1. The molecule has 104 valence electrons. The van der Waals surface area contributed by atoms with E-state index < -0.39 is 12.7 Å². The third kappa shape index (κ3) is 2.18. The number of amides is 1. The Morgan fingerprint density at radius 3 is 2.70 bits per heavy atom. The Morgan fingerprint density at radius 1 is 1.40 bits per heavy atom. The quantitative estimate of drug-likeness (QED) is 0.740. The van der Waals surface area contributed by atoms with E-state index in [0.717, 1.165) is 6.42 Å². The van der Waals surface area contributed by atoms with Gasteiger partial charge in [-0.2, -0.15) is 0 Å². The van der Waals surface area contributed by atoms with Gasteiger partial charge >= 0.3 is 7.12 Å². The van der Waals surface area contributed by atoms with Crippen LogP contribution in [0.1, 0.15) is 26.7 Å². The van der Waals surface area contributed by atoms with Crippen LogP contribution in [-0.2, 0) is 14.1 Å². The SMILES string of the molecule is C=C1OB(c2cnc(N3CCCC3=O)cn2)OC1(C)C. The molecule has 2 aliphatic heterocycles. The molecule has 0 unspecified atom stereocenters. The van der Waals surface area contributed by atoms with E-state index in [1.54, 1.807) is 17.3 Å². The summed E-state index contributed by atoms with van der Waals surface area (Å²) in [6.07, 6.45) is 4.61. The predicted molar refractivity (Wildman–Crippen MR) is 74.4 cm³/mol. The van der Waals surface area contributed by atoms with E-state index in [0.29, 0.717) is 30.1 Å². The smallest absolute Gasteiger partial charge is 0.533 e. The van der Waals surface area contributed by atoms with Crippen LogP contribution >= 0.6 is 0 Å². The highest BCUT2D eigenvalue weighted by molar-refractivity contribution is 6.61. The summed E-state index contributed by atoms with van der Waals surface area (Å²) in [5, 5.41) is 0. The zero-order valence-corrected chi connectivity index (χ0v) is 11.6. The maximum atomic E-state index is 11.6. The van der Waals surface area contributed by atoms with Crippen molar-refractivity contribution < 1.29 is 14.1 Å². The Kier molecular flexibility index (Phi) is 3.01. The minimum absolute atomic E-state index is 0.0925. The number of hydrogen-bond acceptors (Lipinski definition) is 5. The van der Waals surface area contributed by atoms with E-state index in [9.17, 15) is 4.79 Å². The van der Waals surface area contributed by atoms with Crippen molar-refractivity contribution in [3.05, 3.63) is 24.7 Å². The number of aromatic nitrogens is 2. The van der Waals surface area contributed by atoms with Crippen molar-refractivity contribution in [3.8, 4) is 0 Å². The molecule has 1 aromatic heterocycles. The van der Waals surface area contributed by atoms with Gasteiger partial charge in [0, 0.05) is 19.2 Å². The molecule has 2 fully saturated rings. The van der Waals surface area contributed by atoms with Gasteiger partial charge in [-0.25, -0.2) is 4.98 Å². The fourth-order valence-corrected chi connectivity index (χ4v) is 2.23. The number of carbonyl (C=O) groups is 1. The van der Waals surface area contributed by atoms with Gasteiger partial charge in [-0.1, -0.05) is 6.58 Å². The average molecular weight is 273 g/mol. The molecule has 0 radical (unpaired) electrons. The van der Waals surface area contributed by atoms with Gasteiger partial charge in [-0.05, 0) is 20.3 Å². The standard InChI is InChI=1S/C13H16BN3O3/c1-9-13(2,3)20-14(19-9)10-7-16-11(8-15-10)17-6-4-5-12(17)18/h7-8H,1,4-6H2,2-3H3. The highest BCUT2D eigenvalue weighted by Gasteiger charge is 2.44. The number of hydrogen-bond donors (Lipinski definition) is 0. The molecule has 0 bridgehead atoms. The molecule has 0 atom stereocenters. The molecule has 3 heterocycles. The second-order valence-corrected chi connectivity index (χ2v) is 5.45. The summed E-state index contributed by atoms with van der Waals surface area (Å²) in [6, 6.07) is 0. The van der Waals surface area contributed by atoms with Gasteiger partial charge in [0.15, 0.2) is 5.82 Å². The molecule has 7 heteroatoms. The number of nitrogens with zero attached hydrogens (tertiary/aromatic N) is 3. The Balaban J connectivity index is 1.77. The third-order valence-corrected chi connectivity index (χ3v) is 3.57. The summed E-state index contributed by atoms with van der Waals surface area (Å²) in [5.41, 5.74) is 0.0442. The lowest BCUT2D eigenvalue weighted by atomic mass is 9.85. The molecule has 20 heavy (non-hydrogen) atoms. The summed E-state index contributed by atoms with van der Waals surface area (Å²) < 4.78 is 11.3. The van der Waals surface area contributed by atoms with Crippen LogP contribution < -0.4 is 10.5 Å². The van der Waals surface area contributed by atoms with Crippen LogP contribution in [0.25, 0.3) is 0 Å². The van der Waals surface area contributed by atoms with Gasteiger partial charge in [0.2, 0.25) is 5.91 Å². The molecule has 2 aliphatic rings. The molecule has 2 saturated heterocycles. The molecular formula is C13H16BN3O3. The fraction of sp³-hybridized carbons (Fsp3) is 0.462. The molecule has 0 N–H and O–H groups in total. The molecule has 0 spiro atoms. The first-order chi connectivity index (χ1) is 9.47. The van der Waals surface area contributed by atoms with Crippen LogP contribution in [0.5, 0.6) is 0 Å². The van der Waals surface area contributed by atoms with Crippen LogP contribution in [0.3, 0.4) is 0 Å². The minimum Gasteiger partial charge on any atom is -0.533 e. The van der Waals surface area contributed by atoms with E-state index in [1.165, 1.54) is 0 Å². The van der Waals surface area contributed by atoms with Crippen molar-refractivity contribution >= 4 is 24.4 Å². The van der Waals surface area contributed by atoms with Gasteiger partial charge in [0.1, 0.15) is 11.2 Å². The second-order valence-electron chi connectivity index (χ2n) is 5.45. The van der Waals surface area contributed by atoms with Crippen molar-refractivity contribution in [2.75, 3.05) is 11.4 Å². The fourth-order valence-electron chi connectivity index (χ4n) is 2.23. The zero-order valence-electron chi connectivity index (χ0n) is 11.6.